The number of carbonyl (C=O) groups excluding carboxylic acids is 1. The number of aryl methyl sites for hydroxylation is 1. The van der Waals surface area contributed by atoms with Crippen LogP contribution in [0.2, 0.25) is 5.02 Å². The van der Waals surface area contributed by atoms with Gasteiger partial charge in [-0.15, -0.1) is 0 Å². The van der Waals surface area contributed by atoms with E-state index in [1.165, 1.54) is 22.5 Å². The summed E-state index contributed by atoms with van der Waals surface area (Å²) >= 11 is 5.96. The van der Waals surface area contributed by atoms with E-state index in [2.05, 4.69) is 10.5 Å². The van der Waals surface area contributed by atoms with Crippen molar-refractivity contribution in [2.24, 2.45) is 5.92 Å². The van der Waals surface area contributed by atoms with E-state index in [-0.39, 0.29) is 41.3 Å². The lowest BCUT2D eigenvalue weighted by molar-refractivity contribution is -0.120. The van der Waals surface area contributed by atoms with Crippen molar-refractivity contribution in [1.82, 2.24) is 9.46 Å². The Morgan fingerprint density at radius 2 is 1.91 bits per heavy atom. The Kier molecular flexibility index (Phi) is 7.16. The van der Waals surface area contributed by atoms with Gasteiger partial charge < -0.3 is 9.84 Å². The number of anilines is 1. The molecule has 7 nitrogen and oxygen atoms in total. The molecule has 34 heavy (non-hydrogen) atoms. The van der Waals surface area contributed by atoms with Crippen LogP contribution >= 0.6 is 11.6 Å². The van der Waals surface area contributed by atoms with Crippen molar-refractivity contribution in [3.8, 4) is 0 Å². The first-order chi connectivity index (χ1) is 16.3. The van der Waals surface area contributed by atoms with Crippen LogP contribution in [-0.2, 0) is 14.8 Å². The number of amides is 1. The van der Waals surface area contributed by atoms with Crippen molar-refractivity contribution >= 4 is 45.4 Å². The molecule has 10 heteroatoms. The number of halogens is 2. The standard InChI is InChI=1S/C24H23ClFN3O4S/c1-16-23(22(33-28-16)10-9-17-5-2-3-8-21(17)26)34(31,32)29-13-11-18(12-14-29)24(30)27-20-7-4-6-19(25)15-20/h2-10,15,18H,11-14H2,1H3,(H,27,30)/b10-9+. The third kappa shape index (κ3) is 5.22. The predicted molar refractivity (Wildman–Crippen MR) is 128 cm³/mol. The molecule has 1 aliphatic rings. The molecule has 2 heterocycles. The molecule has 1 saturated heterocycles. The van der Waals surface area contributed by atoms with Gasteiger partial charge in [0.05, 0.1) is 0 Å². The molecule has 0 spiro atoms. The SMILES string of the molecule is Cc1noc(/C=C/c2ccccc2F)c1S(=O)(=O)N1CCC(C(=O)Nc2cccc(Cl)c2)CC1. The van der Waals surface area contributed by atoms with Crippen molar-refractivity contribution in [2.45, 2.75) is 24.7 Å². The lowest BCUT2D eigenvalue weighted by atomic mass is 9.97. The van der Waals surface area contributed by atoms with Gasteiger partial charge in [-0.05, 0) is 56.2 Å². The molecule has 0 radical (unpaired) electrons. The summed E-state index contributed by atoms with van der Waals surface area (Å²) in [4.78, 5) is 12.6. The largest absolute Gasteiger partial charge is 0.355 e. The lowest BCUT2D eigenvalue weighted by Crippen LogP contribution is -2.41. The molecular weight excluding hydrogens is 481 g/mol. The second kappa shape index (κ2) is 10.1. The highest BCUT2D eigenvalue weighted by Crippen LogP contribution is 2.30. The lowest BCUT2D eigenvalue weighted by Gasteiger charge is -2.30. The number of benzene rings is 2. The zero-order chi connectivity index (χ0) is 24.3. The highest BCUT2D eigenvalue weighted by molar-refractivity contribution is 7.89. The van der Waals surface area contributed by atoms with E-state index in [4.69, 9.17) is 16.1 Å². The van der Waals surface area contributed by atoms with Crippen LogP contribution in [0.25, 0.3) is 12.2 Å². The Hall–Kier alpha value is -3.01. The number of aromatic nitrogens is 1. The summed E-state index contributed by atoms with van der Waals surface area (Å²) < 4.78 is 47.2. The van der Waals surface area contributed by atoms with Crippen LogP contribution in [0.4, 0.5) is 10.1 Å². The first kappa shape index (κ1) is 24.1. The average Bonchev–Trinajstić information content (AvgIpc) is 3.19. The molecule has 1 fully saturated rings. The van der Waals surface area contributed by atoms with Crippen molar-refractivity contribution < 1.29 is 22.1 Å². The van der Waals surface area contributed by atoms with Gasteiger partial charge in [-0.3, -0.25) is 4.79 Å². The Bertz CT molecular complexity index is 1330. The maximum Gasteiger partial charge on any atom is 0.248 e. The van der Waals surface area contributed by atoms with E-state index < -0.39 is 15.8 Å². The highest BCUT2D eigenvalue weighted by atomic mass is 35.5. The number of carbonyl (C=O) groups is 1. The van der Waals surface area contributed by atoms with Gasteiger partial charge in [0.1, 0.15) is 11.5 Å². The zero-order valence-corrected chi connectivity index (χ0v) is 19.9. The van der Waals surface area contributed by atoms with Crippen LogP contribution in [0.5, 0.6) is 0 Å². The number of hydrogen-bond donors (Lipinski definition) is 1. The summed E-state index contributed by atoms with van der Waals surface area (Å²) in [5.41, 5.74) is 1.11. The molecule has 1 aromatic heterocycles. The normalized spacial score (nSPS) is 15.6. The fraction of sp³-hybridized carbons (Fsp3) is 0.250. The van der Waals surface area contributed by atoms with E-state index in [1.807, 2.05) is 0 Å². The maximum absolute atomic E-state index is 13.9. The van der Waals surface area contributed by atoms with Gasteiger partial charge in [0, 0.05) is 35.3 Å². The third-order valence-corrected chi connectivity index (χ3v) is 7.96. The van der Waals surface area contributed by atoms with Crippen LogP contribution in [-0.4, -0.2) is 36.9 Å². The van der Waals surface area contributed by atoms with E-state index in [0.717, 1.165) is 0 Å². The van der Waals surface area contributed by atoms with E-state index in [0.29, 0.717) is 29.1 Å². The topological polar surface area (TPSA) is 92.5 Å². The van der Waals surface area contributed by atoms with Gasteiger partial charge in [-0.25, -0.2) is 12.8 Å². The molecule has 1 N–H and O–H groups in total. The van der Waals surface area contributed by atoms with Crippen LogP contribution in [0.1, 0.15) is 29.9 Å². The molecule has 4 rings (SSSR count). The fourth-order valence-electron chi connectivity index (χ4n) is 3.87. The number of hydrogen-bond acceptors (Lipinski definition) is 5. The third-order valence-electron chi connectivity index (χ3n) is 5.67. The quantitative estimate of drug-likeness (QED) is 0.512. The second-order valence-corrected chi connectivity index (χ2v) is 10.3. The van der Waals surface area contributed by atoms with Gasteiger partial charge in [0.25, 0.3) is 0 Å². The van der Waals surface area contributed by atoms with Crippen molar-refractivity contribution in [1.29, 1.82) is 0 Å². The van der Waals surface area contributed by atoms with Crippen LogP contribution in [0.3, 0.4) is 0 Å². The zero-order valence-electron chi connectivity index (χ0n) is 18.4. The average molecular weight is 504 g/mol. The molecular formula is C24H23ClFN3O4S. The minimum Gasteiger partial charge on any atom is -0.355 e. The summed E-state index contributed by atoms with van der Waals surface area (Å²) in [6.07, 6.45) is 3.59. The number of sulfonamides is 1. The second-order valence-electron chi connectivity index (χ2n) is 7.99. The molecule has 0 aliphatic carbocycles. The van der Waals surface area contributed by atoms with Crippen molar-refractivity contribution in [3.05, 3.63) is 76.4 Å². The fourth-order valence-corrected chi connectivity index (χ4v) is 5.78. The Morgan fingerprint density at radius 1 is 1.18 bits per heavy atom. The molecule has 0 bridgehead atoms. The van der Waals surface area contributed by atoms with Gasteiger partial charge in [0.15, 0.2) is 10.7 Å². The predicted octanol–water partition coefficient (Wildman–Crippen LogP) is 4.99. The molecule has 1 aliphatic heterocycles. The van der Waals surface area contributed by atoms with Gasteiger partial charge in [-0.1, -0.05) is 41.0 Å². The molecule has 3 aromatic rings. The maximum atomic E-state index is 13.9. The van der Waals surface area contributed by atoms with Gasteiger partial charge in [-0.2, -0.15) is 4.31 Å². The summed E-state index contributed by atoms with van der Waals surface area (Å²) in [5.74, 6) is -0.900. The molecule has 0 unspecified atom stereocenters. The number of nitrogens with zero attached hydrogens (tertiary/aromatic N) is 2. The summed E-state index contributed by atoms with van der Waals surface area (Å²) in [6.45, 7) is 1.90. The summed E-state index contributed by atoms with van der Waals surface area (Å²) in [5, 5.41) is 7.16. The van der Waals surface area contributed by atoms with Crippen molar-refractivity contribution in [3.63, 3.8) is 0 Å². The van der Waals surface area contributed by atoms with E-state index in [9.17, 15) is 17.6 Å². The number of rotatable bonds is 6. The smallest absolute Gasteiger partial charge is 0.248 e. The minimum atomic E-state index is -3.93. The monoisotopic (exact) mass is 503 g/mol. The molecule has 0 saturated carbocycles. The summed E-state index contributed by atoms with van der Waals surface area (Å²) in [6, 6.07) is 13.0. The summed E-state index contributed by atoms with van der Waals surface area (Å²) in [7, 11) is -3.93. The number of piperidine rings is 1. The van der Waals surface area contributed by atoms with Gasteiger partial charge in [0.2, 0.25) is 15.9 Å². The van der Waals surface area contributed by atoms with Crippen LogP contribution in [0, 0.1) is 18.7 Å². The first-order valence-corrected chi connectivity index (χ1v) is 12.5. The Labute approximate surface area is 202 Å². The molecule has 178 valence electrons. The Morgan fingerprint density at radius 3 is 2.62 bits per heavy atom. The van der Waals surface area contributed by atoms with E-state index >= 15 is 0 Å². The van der Waals surface area contributed by atoms with Crippen LogP contribution in [0.15, 0.2) is 57.9 Å². The van der Waals surface area contributed by atoms with Crippen LogP contribution < -0.4 is 5.32 Å². The molecule has 1 amide bonds. The molecule has 2 aromatic carbocycles. The highest BCUT2D eigenvalue weighted by Gasteiger charge is 2.36. The Balaban J connectivity index is 1.46. The first-order valence-electron chi connectivity index (χ1n) is 10.7. The van der Waals surface area contributed by atoms with Crippen molar-refractivity contribution in [2.75, 3.05) is 18.4 Å². The van der Waals surface area contributed by atoms with E-state index in [1.54, 1.807) is 49.4 Å². The van der Waals surface area contributed by atoms with Gasteiger partial charge >= 0.3 is 0 Å². The minimum absolute atomic E-state index is 0.0292. The number of nitrogens with one attached hydrogen (secondary N) is 1. The molecule has 0 atom stereocenters.